The molecule has 1 aromatic carbocycles. The summed E-state index contributed by atoms with van der Waals surface area (Å²) in [4.78, 5) is 15.5. The molecule has 0 aromatic heterocycles. The van der Waals surface area contributed by atoms with E-state index in [2.05, 4.69) is 4.90 Å². The van der Waals surface area contributed by atoms with E-state index < -0.39 is 11.1 Å². The summed E-state index contributed by atoms with van der Waals surface area (Å²) in [7, 11) is 0. The van der Waals surface area contributed by atoms with Crippen molar-refractivity contribution in [1.29, 1.82) is 0 Å². The number of piperidine rings is 3. The summed E-state index contributed by atoms with van der Waals surface area (Å²) in [5, 5.41) is 0. The van der Waals surface area contributed by atoms with Crippen molar-refractivity contribution in [2.24, 2.45) is 17.6 Å². The second-order valence-corrected chi connectivity index (χ2v) is 8.45. The van der Waals surface area contributed by atoms with Crippen molar-refractivity contribution in [1.82, 2.24) is 4.90 Å². The lowest BCUT2D eigenvalue weighted by molar-refractivity contribution is -0.167. The molecule has 0 amide bonds. The Morgan fingerprint density at radius 1 is 1.20 bits per heavy atom. The molecule has 3 aliphatic rings. The number of nitrogens with zero attached hydrogens (tertiary/aromatic N) is 1. The molecule has 140 valence electrons. The van der Waals surface area contributed by atoms with Crippen molar-refractivity contribution >= 4 is 18.4 Å². The van der Waals surface area contributed by atoms with Gasteiger partial charge in [0.25, 0.3) is 0 Å². The Bertz CT molecular complexity index is 579. The highest BCUT2D eigenvalue weighted by Crippen LogP contribution is 2.40. The molecule has 2 atom stereocenters. The number of halogens is 1. The summed E-state index contributed by atoms with van der Waals surface area (Å²) in [6.07, 6.45) is 2.82. The van der Waals surface area contributed by atoms with Gasteiger partial charge in [-0.05, 0) is 58.2 Å². The molecule has 3 heterocycles. The van der Waals surface area contributed by atoms with Gasteiger partial charge in [0.2, 0.25) is 0 Å². The minimum Gasteiger partial charge on any atom is -0.459 e. The maximum absolute atomic E-state index is 13.1. The molecular formula is C20H31ClN2O2. The molecule has 0 spiro atoms. The van der Waals surface area contributed by atoms with E-state index in [1.165, 1.54) is 0 Å². The molecule has 2 N–H and O–H groups in total. The fourth-order valence-electron chi connectivity index (χ4n) is 4.21. The van der Waals surface area contributed by atoms with Crippen molar-refractivity contribution in [2.45, 2.75) is 51.2 Å². The standard InChI is InChI=1S/C20H30N2O2.ClH/c1-19(2,3)24-18(23)20(21,13-15-7-5-4-6-8-15)17-14-22-11-9-16(17)10-12-22;/h4-8,16-17H,9-14,21H2,1-3H3;1H/t17?,20-;/m1./s1. The summed E-state index contributed by atoms with van der Waals surface area (Å²) in [5.74, 6) is 0.434. The highest BCUT2D eigenvalue weighted by atomic mass is 35.5. The quantitative estimate of drug-likeness (QED) is 0.832. The normalized spacial score (nSPS) is 27.9. The summed E-state index contributed by atoms with van der Waals surface area (Å²) >= 11 is 0. The molecule has 0 radical (unpaired) electrons. The van der Waals surface area contributed by atoms with E-state index in [0.29, 0.717) is 12.3 Å². The topological polar surface area (TPSA) is 55.6 Å². The molecule has 3 aliphatic heterocycles. The highest BCUT2D eigenvalue weighted by molar-refractivity contribution is 5.85. The number of ether oxygens (including phenoxy) is 1. The number of carbonyl (C=O) groups excluding carboxylic acids is 1. The molecule has 25 heavy (non-hydrogen) atoms. The molecule has 0 aliphatic carbocycles. The number of nitrogens with two attached hydrogens (primary N) is 1. The van der Waals surface area contributed by atoms with Crippen LogP contribution in [0.4, 0.5) is 0 Å². The van der Waals surface area contributed by atoms with Crippen LogP contribution in [0.1, 0.15) is 39.2 Å². The van der Waals surface area contributed by atoms with Crippen LogP contribution in [0.2, 0.25) is 0 Å². The number of fused-ring (bicyclic) bond motifs is 3. The Morgan fingerprint density at radius 2 is 1.80 bits per heavy atom. The van der Waals surface area contributed by atoms with Crippen molar-refractivity contribution in [3.8, 4) is 0 Å². The summed E-state index contributed by atoms with van der Waals surface area (Å²) < 4.78 is 5.75. The minimum absolute atomic E-state index is 0. The molecule has 4 nitrogen and oxygen atoms in total. The van der Waals surface area contributed by atoms with Crippen molar-refractivity contribution in [2.75, 3.05) is 19.6 Å². The smallest absolute Gasteiger partial charge is 0.327 e. The molecule has 4 rings (SSSR count). The Kier molecular flexibility index (Phi) is 6.18. The van der Waals surface area contributed by atoms with E-state index in [4.69, 9.17) is 10.5 Å². The van der Waals surface area contributed by atoms with Gasteiger partial charge in [0, 0.05) is 18.9 Å². The Balaban J connectivity index is 0.00000225. The van der Waals surface area contributed by atoms with Gasteiger partial charge in [0.15, 0.2) is 0 Å². The lowest BCUT2D eigenvalue weighted by atomic mass is 9.67. The first-order chi connectivity index (χ1) is 11.3. The van der Waals surface area contributed by atoms with Gasteiger partial charge in [-0.25, -0.2) is 0 Å². The van der Waals surface area contributed by atoms with Gasteiger partial charge in [-0.2, -0.15) is 0 Å². The molecule has 0 saturated carbocycles. The molecular weight excluding hydrogens is 336 g/mol. The molecule has 3 fully saturated rings. The molecule has 5 heteroatoms. The van der Waals surface area contributed by atoms with Crippen LogP contribution in [-0.2, 0) is 16.0 Å². The van der Waals surface area contributed by atoms with E-state index in [0.717, 1.165) is 38.0 Å². The second kappa shape index (κ2) is 7.65. The third-order valence-corrected chi connectivity index (χ3v) is 5.44. The van der Waals surface area contributed by atoms with E-state index in [1.54, 1.807) is 0 Å². The fraction of sp³-hybridized carbons (Fsp3) is 0.650. The van der Waals surface area contributed by atoms with Crippen molar-refractivity contribution in [3.63, 3.8) is 0 Å². The fourth-order valence-corrected chi connectivity index (χ4v) is 4.21. The van der Waals surface area contributed by atoms with Gasteiger partial charge in [-0.1, -0.05) is 30.3 Å². The van der Waals surface area contributed by atoms with Gasteiger partial charge >= 0.3 is 5.97 Å². The lowest BCUT2D eigenvalue weighted by Crippen LogP contribution is -2.65. The zero-order valence-corrected chi connectivity index (χ0v) is 16.3. The monoisotopic (exact) mass is 366 g/mol. The van der Waals surface area contributed by atoms with Gasteiger partial charge in [-0.15, -0.1) is 12.4 Å². The van der Waals surface area contributed by atoms with E-state index in [9.17, 15) is 4.79 Å². The van der Waals surface area contributed by atoms with Crippen LogP contribution in [0.5, 0.6) is 0 Å². The summed E-state index contributed by atoms with van der Waals surface area (Å²) in [6.45, 7) is 8.90. The SMILES string of the molecule is CC(C)(C)OC(=O)[C@@](N)(Cc1ccccc1)C1CN2CCC1CC2.Cl. The number of hydrogen-bond donors (Lipinski definition) is 1. The average molecular weight is 367 g/mol. The Labute approximate surface area is 157 Å². The van der Waals surface area contributed by atoms with Crippen molar-refractivity contribution in [3.05, 3.63) is 35.9 Å². The Hall–Kier alpha value is -1.10. The van der Waals surface area contributed by atoms with Crippen LogP contribution >= 0.6 is 12.4 Å². The minimum atomic E-state index is -0.960. The highest BCUT2D eigenvalue weighted by Gasteiger charge is 2.51. The average Bonchev–Trinajstić information content (AvgIpc) is 2.55. The number of esters is 1. The number of carbonyl (C=O) groups is 1. The number of hydrogen-bond acceptors (Lipinski definition) is 4. The third-order valence-electron chi connectivity index (χ3n) is 5.44. The molecule has 2 bridgehead atoms. The summed E-state index contributed by atoms with van der Waals surface area (Å²) in [5.41, 5.74) is 6.46. The first-order valence-corrected chi connectivity index (χ1v) is 9.06. The zero-order chi connectivity index (χ0) is 17.4. The van der Waals surface area contributed by atoms with E-state index >= 15 is 0 Å². The van der Waals surface area contributed by atoms with Gasteiger partial charge in [0.1, 0.15) is 11.1 Å². The van der Waals surface area contributed by atoms with Crippen LogP contribution in [0.25, 0.3) is 0 Å². The van der Waals surface area contributed by atoms with Crippen molar-refractivity contribution < 1.29 is 9.53 Å². The largest absolute Gasteiger partial charge is 0.459 e. The van der Waals surface area contributed by atoms with Crippen LogP contribution < -0.4 is 5.73 Å². The van der Waals surface area contributed by atoms with Gasteiger partial charge in [-0.3, -0.25) is 4.79 Å². The first kappa shape index (κ1) is 20.2. The second-order valence-electron chi connectivity index (χ2n) is 8.45. The van der Waals surface area contributed by atoms with E-state index in [1.807, 2.05) is 51.1 Å². The maximum atomic E-state index is 13.1. The summed E-state index contributed by atoms with van der Waals surface area (Å²) in [6, 6.07) is 10.1. The zero-order valence-electron chi connectivity index (χ0n) is 15.5. The van der Waals surface area contributed by atoms with Crippen LogP contribution in [0.3, 0.4) is 0 Å². The number of benzene rings is 1. The number of rotatable bonds is 4. The third kappa shape index (κ3) is 4.55. The lowest BCUT2D eigenvalue weighted by Gasteiger charge is -2.51. The molecule has 1 aromatic rings. The van der Waals surface area contributed by atoms with Gasteiger partial charge in [0.05, 0.1) is 0 Å². The van der Waals surface area contributed by atoms with Crippen LogP contribution in [-0.4, -0.2) is 41.6 Å². The first-order valence-electron chi connectivity index (χ1n) is 9.06. The molecule has 3 saturated heterocycles. The van der Waals surface area contributed by atoms with Crippen LogP contribution in [0.15, 0.2) is 30.3 Å². The van der Waals surface area contributed by atoms with E-state index in [-0.39, 0.29) is 24.3 Å². The predicted octanol–water partition coefficient (Wildman–Crippen LogP) is 3.03. The molecule has 1 unspecified atom stereocenters. The maximum Gasteiger partial charge on any atom is 0.327 e. The predicted molar refractivity (Wildman–Crippen MR) is 103 cm³/mol. The Morgan fingerprint density at radius 3 is 2.28 bits per heavy atom. The van der Waals surface area contributed by atoms with Gasteiger partial charge < -0.3 is 15.4 Å². The van der Waals surface area contributed by atoms with Crippen LogP contribution in [0, 0.1) is 11.8 Å².